The Kier molecular flexibility index (Phi) is 4.16. The number of piperidine rings is 1. The Morgan fingerprint density at radius 1 is 1.22 bits per heavy atom. The lowest BCUT2D eigenvalue weighted by atomic mass is 10.1. The first kappa shape index (κ1) is 16.5. The molecule has 0 bridgehead atoms. The van der Waals surface area contributed by atoms with E-state index in [1.54, 1.807) is 0 Å². The average molecular weight is 366 g/mol. The highest BCUT2D eigenvalue weighted by Crippen LogP contribution is 2.38. The van der Waals surface area contributed by atoms with Crippen molar-refractivity contribution in [1.29, 1.82) is 0 Å². The minimum Gasteiger partial charge on any atom is -0.368 e. The molecule has 1 N–H and O–H groups in total. The predicted octanol–water partition coefficient (Wildman–Crippen LogP) is 3.25. The normalized spacial score (nSPS) is 18.3. The van der Waals surface area contributed by atoms with E-state index >= 15 is 0 Å². The zero-order valence-corrected chi connectivity index (χ0v) is 15.1. The van der Waals surface area contributed by atoms with Crippen LogP contribution in [0.3, 0.4) is 0 Å². The number of H-pyrrole nitrogens is 1. The third-order valence-corrected chi connectivity index (χ3v) is 5.40. The van der Waals surface area contributed by atoms with Gasteiger partial charge >= 0.3 is 0 Å². The molecule has 5 rings (SSSR count). The van der Waals surface area contributed by atoms with Crippen molar-refractivity contribution in [2.45, 2.75) is 44.3 Å². The first-order valence-corrected chi connectivity index (χ1v) is 9.57. The van der Waals surface area contributed by atoms with E-state index in [-0.39, 0.29) is 12.0 Å². The molecule has 27 heavy (non-hydrogen) atoms. The molecule has 1 aliphatic heterocycles. The lowest BCUT2D eigenvalue weighted by Gasteiger charge is -2.31. The highest BCUT2D eigenvalue weighted by Gasteiger charge is 2.29. The van der Waals surface area contributed by atoms with E-state index in [1.165, 1.54) is 0 Å². The van der Waals surface area contributed by atoms with Crippen LogP contribution in [-0.4, -0.2) is 45.1 Å². The number of fused-ring (bicyclic) bond motifs is 1. The van der Waals surface area contributed by atoms with Gasteiger partial charge in [-0.3, -0.25) is 4.79 Å². The fraction of sp³-hybridized carbons (Fsp3) is 0.450. The van der Waals surface area contributed by atoms with Crippen LogP contribution in [0.4, 0.5) is 0 Å². The number of aromatic nitrogens is 3. The molecule has 0 radical (unpaired) electrons. The van der Waals surface area contributed by atoms with Crippen molar-refractivity contribution in [3.63, 3.8) is 0 Å². The van der Waals surface area contributed by atoms with Crippen molar-refractivity contribution in [2.75, 3.05) is 13.1 Å². The van der Waals surface area contributed by atoms with Gasteiger partial charge in [0.05, 0.1) is 6.10 Å². The highest BCUT2D eigenvalue weighted by molar-refractivity contribution is 5.98. The topological polar surface area (TPSA) is 84.2 Å². The number of amides is 1. The van der Waals surface area contributed by atoms with Gasteiger partial charge in [0.25, 0.3) is 11.8 Å². The minimum absolute atomic E-state index is 0.0796. The Morgan fingerprint density at radius 3 is 2.89 bits per heavy atom. The van der Waals surface area contributed by atoms with Crippen LogP contribution in [0.25, 0.3) is 10.9 Å². The zero-order chi connectivity index (χ0) is 18.2. The quantitative estimate of drug-likeness (QED) is 0.749. The molecule has 7 nitrogen and oxygen atoms in total. The number of likely N-dealkylation sites (tertiary alicyclic amines) is 1. The molecular weight excluding hydrogens is 344 g/mol. The van der Waals surface area contributed by atoms with E-state index in [0.717, 1.165) is 48.0 Å². The smallest absolute Gasteiger partial charge is 0.253 e. The Hall–Kier alpha value is -2.67. The second-order valence-electron chi connectivity index (χ2n) is 7.40. The maximum atomic E-state index is 12.8. The summed E-state index contributed by atoms with van der Waals surface area (Å²) < 4.78 is 11.2. The summed E-state index contributed by atoms with van der Waals surface area (Å²) in [5, 5.41) is 5.12. The molecule has 1 amide bonds. The molecule has 2 fully saturated rings. The van der Waals surface area contributed by atoms with Gasteiger partial charge in [0.15, 0.2) is 5.82 Å². The van der Waals surface area contributed by atoms with Gasteiger partial charge in [-0.15, -0.1) is 0 Å². The largest absolute Gasteiger partial charge is 0.368 e. The second kappa shape index (κ2) is 6.81. The molecule has 1 saturated carbocycles. The third-order valence-electron chi connectivity index (χ3n) is 5.40. The summed E-state index contributed by atoms with van der Waals surface area (Å²) in [4.78, 5) is 22.2. The number of ether oxygens (including phenoxy) is 1. The van der Waals surface area contributed by atoms with Crippen molar-refractivity contribution >= 4 is 16.8 Å². The van der Waals surface area contributed by atoms with Crippen LogP contribution in [0.2, 0.25) is 0 Å². The number of carbonyl (C=O) groups is 1. The first-order chi connectivity index (χ1) is 13.3. The number of carbonyl (C=O) groups excluding carboxylic acids is 1. The van der Waals surface area contributed by atoms with Gasteiger partial charge in [-0.1, -0.05) is 11.2 Å². The molecule has 1 aliphatic carbocycles. The summed E-state index contributed by atoms with van der Waals surface area (Å²) in [5.74, 6) is 1.93. The van der Waals surface area contributed by atoms with Crippen LogP contribution in [0.1, 0.15) is 53.7 Å². The van der Waals surface area contributed by atoms with Gasteiger partial charge in [-0.2, -0.15) is 4.98 Å². The molecule has 0 atom stereocenters. The number of nitrogens with zero attached hydrogens (tertiary/aromatic N) is 3. The number of nitrogens with one attached hydrogen (secondary N) is 1. The van der Waals surface area contributed by atoms with Gasteiger partial charge in [0.1, 0.15) is 6.61 Å². The van der Waals surface area contributed by atoms with Gasteiger partial charge in [0, 0.05) is 36.3 Å². The number of rotatable bonds is 5. The summed E-state index contributed by atoms with van der Waals surface area (Å²) in [7, 11) is 0. The van der Waals surface area contributed by atoms with E-state index in [0.29, 0.717) is 31.5 Å². The molecule has 2 aromatic heterocycles. The predicted molar refractivity (Wildman–Crippen MR) is 98.3 cm³/mol. The molecule has 140 valence electrons. The van der Waals surface area contributed by atoms with Crippen molar-refractivity contribution in [2.24, 2.45) is 0 Å². The molecule has 0 unspecified atom stereocenters. The summed E-state index contributed by atoms with van der Waals surface area (Å²) in [5.41, 5.74) is 1.71. The van der Waals surface area contributed by atoms with E-state index in [4.69, 9.17) is 9.26 Å². The Bertz CT molecular complexity index is 951. The van der Waals surface area contributed by atoms with E-state index in [9.17, 15) is 4.79 Å². The number of benzene rings is 1. The summed E-state index contributed by atoms with van der Waals surface area (Å²) in [6.07, 6.45) is 5.96. The van der Waals surface area contributed by atoms with E-state index in [1.807, 2.05) is 35.4 Å². The highest BCUT2D eigenvalue weighted by atomic mass is 16.5. The van der Waals surface area contributed by atoms with Gasteiger partial charge in [-0.05, 0) is 49.3 Å². The zero-order valence-electron chi connectivity index (χ0n) is 15.1. The first-order valence-electron chi connectivity index (χ1n) is 9.57. The maximum Gasteiger partial charge on any atom is 0.253 e. The standard InChI is InChI=1S/C20H22N4O3/c25-20(15-4-1-13-5-8-21-17(13)11-15)24-9-6-16(7-10-24)26-12-18-22-19(23-27-18)14-2-3-14/h1,4-5,8,11,14,16,21H,2-3,6-7,9-10,12H2. The monoisotopic (exact) mass is 366 g/mol. The van der Waals surface area contributed by atoms with Gasteiger partial charge < -0.3 is 19.1 Å². The Balaban J connectivity index is 1.14. The lowest BCUT2D eigenvalue weighted by molar-refractivity contribution is -0.00977. The molecular formula is C20H22N4O3. The van der Waals surface area contributed by atoms with Crippen LogP contribution in [0.5, 0.6) is 0 Å². The van der Waals surface area contributed by atoms with Crippen LogP contribution in [0, 0.1) is 0 Å². The van der Waals surface area contributed by atoms with E-state index < -0.39 is 0 Å². The van der Waals surface area contributed by atoms with Crippen molar-refractivity contribution in [1.82, 2.24) is 20.0 Å². The summed E-state index contributed by atoms with van der Waals surface area (Å²) in [6.45, 7) is 1.74. The van der Waals surface area contributed by atoms with Crippen molar-refractivity contribution in [3.8, 4) is 0 Å². The molecule has 2 aliphatic rings. The number of hydrogen-bond donors (Lipinski definition) is 1. The van der Waals surface area contributed by atoms with Crippen molar-refractivity contribution in [3.05, 3.63) is 47.7 Å². The van der Waals surface area contributed by atoms with Gasteiger partial charge in [0.2, 0.25) is 0 Å². The molecule has 7 heteroatoms. The minimum atomic E-state index is 0.0796. The fourth-order valence-electron chi connectivity index (χ4n) is 3.61. The summed E-state index contributed by atoms with van der Waals surface area (Å²) >= 11 is 0. The van der Waals surface area contributed by atoms with Crippen LogP contribution in [-0.2, 0) is 11.3 Å². The number of aromatic amines is 1. The van der Waals surface area contributed by atoms with Crippen LogP contribution in [0.15, 0.2) is 35.0 Å². The third kappa shape index (κ3) is 3.47. The molecule has 1 saturated heterocycles. The SMILES string of the molecule is O=C(c1ccc2cc[nH]c2c1)N1CCC(OCc2nc(C3CC3)no2)CC1. The lowest BCUT2D eigenvalue weighted by Crippen LogP contribution is -2.40. The average Bonchev–Trinajstić information content (AvgIpc) is 3.26. The second-order valence-corrected chi connectivity index (χ2v) is 7.40. The molecule has 3 aromatic rings. The fourth-order valence-corrected chi connectivity index (χ4v) is 3.61. The van der Waals surface area contributed by atoms with Crippen LogP contribution < -0.4 is 0 Å². The maximum absolute atomic E-state index is 12.8. The Labute approximate surface area is 156 Å². The molecule has 1 aromatic carbocycles. The van der Waals surface area contributed by atoms with Gasteiger partial charge in [-0.25, -0.2) is 0 Å². The Morgan fingerprint density at radius 2 is 2.07 bits per heavy atom. The summed E-state index contributed by atoms with van der Waals surface area (Å²) in [6, 6.07) is 7.81. The van der Waals surface area contributed by atoms with E-state index in [2.05, 4.69) is 15.1 Å². The molecule has 3 heterocycles. The molecule has 0 spiro atoms. The number of hydrogen-bond acceptors (Lipinski definition) is 5. The van der Waals surface area contributed by atoms with Crippen LogP contribution >= 0.6 is 0 Å². The van der Waals surface area contributed by atoms with Crippen molar-refractivity contribution < 1.29 is 14.1 Å².